The summed E-state index contributed by atoms with van der Waals surface area (Å²) in [5, 5.41) is 11.5. The summed E-state index contributed by atoms with van der Waals surface area (Å²) in [5.41, 5.74) is 0.531. The van der Waals surface area contributed by atoms with Crippen LogP contribution in [0.1, 0.15) is 28.7 Å². The zero-order valence-corrected chi connectivity index (χ0v) is 19.4. The Kier molecular flexibility index (Phi) is 6.34. The first-order chi connectivity index (χ1) is 16.2. The molecule has 0 spiro atoms. The molecule has 4 rings (SSSR count). The molecule has 1 aromatic heterocycles. The van der Waals surface area contributed by atoms with Crippen LogP contribution in [0.3, 0.4) is 0 Å². The fourth-order valence-electron chi connectivity index (χ4n) is 3.92. The molecule has 34 heavy (non-hydrogen) atoms. The fraction of sp³-hybridized carbons (Fsp3) is 0.200. The number of methoxy groups -OCH3 is 2. The van der Waals surface area contributed by atoms with Crippen molar-refractivity contribution in [1.82, 2.24) is 4.90 Å². The Morgan fingerprint density at radius 1 is 1.09 bits per heavy atom. The largest absolute Gasteiger partial charge is 0.507 e. The lowest BCUT2D eigenvalue weighted by Crippen LogP contribution is -2.29. The van der Waals surface area contributed by atoms with Crippen molar-refractivity contribution in [3.05, 3.63) is 87.6 Å². The van der Waals surface area contributed by atoms with Crippen molar-refractivity contribution in [3.8, 4) is 11.5 Å². The number of hydrogen-bond acceptors (Lipinski definition) is 6. The van der Waals surface area contributed by atoms with Gasteiger partial charge in [0.15, 0.2) is 0 Å². The number of aliphatic hydroxyl groups excluding tert-OH is 1. The van der Waals surface area contributed by atoms with Crippen molar-refractivity contribution in [3.63, 3.8) is 0 Å². The summed E-state index contributed by atoms with van der Waals surface area (Å²) < 4.78 is 29.7. The van der Waals surface area contributed by atoms with Crippen LogP contribution in [0.25, 0.3) is 5.76 Å². The van der Waals surface area contributed by atoms with Crippen molar-refractivity contribution >= 4 is 29.1 Å². The molecule has 1 aliphatic rings. The molecule has 1 N–H and O–H groups in total. The lowest BCUT2D eigenvalue weighted by Gasteiger charge is -2.23. The summed E-state index contributed by atoms with van der Waals surface area (Å²) >= 11 is 6.25. The van der Waals surface area contributed by atoms with Gasteiger partial charge in [0.1, 0.15) is 40.6 Å². The van der Waals surface area contributed by atoms with E-state index in [0.29, 0.717) is 22.8 Å². The number of furan rings is 1. The minimum Gasteiger partial charge on any atom is -0.507 e. The lowest BCUT2D eigenvalue weighted by molar-refractivity contribution is -0.140. The van der Waals surface area contributed by atoms with Crippen LogP contribution in [0.4, 0.5) is 4.39 Å². The first-order valence-electron chi connectivity index (χ1n) is 10.3. The molecular weight excluding hydrogens is 465 g/mol. The Balaban J connectivity index is 1.89. The maximum atomic E-state index is 13.4. The molecule has 0 bridgehead atoms. The van der Waals surface area contributed by atoms with Crippen LogP contribution < -0.4 is 9.47 Å². The molecule has 7 nitrogen and oxygen atoms in total. The molecular formula is C25H21ClFNO6. The van der Waals surface area contributed by atoms with E-state index in [-0.39, 0.29) is 28.5 Å². The number of rotatable bonds is 6. The molecule has 1 aliphatic heterocycles. The van der Waals surface area contributed by atoms with Gasteiger partial charge in [-0.05, 0) is 42.8 Å². The molecule has 1 atom stereocenters. The topological polar surface area (TPSA) is 89.2 Å². The summed E-state index contributed by atoms with van der Waals surface area (Å²) in [6.45, 7) is 1.72. The summed E-state index contributed by atoms with van der Waals surface area (Å²) in [4.78, 5) is 27.5. The SMILES string of the molecule is COc1cc(OC)c(/C(O)=C2\C(=O)C(=O)N(Cc3ccc(F)cc3)C2c2ccc(C)o2)cc1Cl. The summed E-state index contributed by atoms with van der Waals surface area (Å²) in [5.74, 6) is -1.27. The molecule has 0 radical (unpaired) electrons. The first-order valence-corrected chi connectivity index (χ1v) is 10.6. The van der Waals surface area contributed by atoms with Gasteiger partial charge in [0.2, 0.25) is 0 Å². The molecule has 3 aromatic rings. The second kappa shape index (κ2) is 9.23. The van der Waals surface area contributed by atoms with Crippen molar-refractivity contribution in [2.24, 2.45) is 0 Å². The zero-order valence-electron chi connectivity index (χ0n) is 18.6. The second-order valence-electron chi connectivity index (χ2n) is 7.69. The van der Waals surface area contributed by atoms with E-state index in [1.165, 1.54) is 55.5 Å². The number of benzene rings is 2. The average Bonchev–Trinajstić information content (AvgIpc) is 3.36. The summed E-state index contributed by atoms with van der Waals surface area (Å²) in [7, 11) is 2.82. The number of amides is 1. The molecule has 9 heteroatoms. The number of ketones is 1. The Morgan fingerprint density at radius 3 is 2.35 bits per heavy atom. The maximum absolute atomic E-state index is 13.4. The van der Waals surface area contributed by atoms with E-state index < -0.39 is 29.3 Å². The molecule has 1 saturated heterocycles. The monoisotopic (exact) mass is 485 g/mol. The van der Waals surface area contributed by atoms with Gasteiger partial charge in [-0.15, -0.1) is 0 Å². The predicted octanol–water partition coefficient (Wildman–Crippen LogP) is 5.02. The van der Waals surface area contributed by atoms with Crippen LogP contribution in [0, 0.1) is 12.7 Å². The second-order valence-corrected chi connectivity index (χ2v) is 8.10. The van der Waals surface area contributed by atoms with Gasteiger partial charge >= 0.3 is 0 Å². The molecule has 1 fully saturated rings. The number of halogens is 2. The minimum atomic E-state index is -1.02. The van der Waals surface area contributed by atoms with Crippen molar-refractivity contribution in [2.45, 2.75) is 19.5 Å². The molecule has 2 heterocycles. The highest BCUT2D eigenvalue weighted by Crippen LogP contribution is 2.43. The number of carbonyl (C=O) groups excluding carboxylic acids is 2. The normalized spacial score (nSPS) is 17.3. The van der Waals surface area contributed by atoms with Crippen LogP contribution in [0.5, 0.6) is 11.5 Å². The highest BCUT2D eigenvalue weighted by atomic mass is 35.5. The molecule has 1 unspecified atom stereocenters. The van der Waals surface area contributed by atoms with Gasteiger partial charge in [0.25, 0.3) is 11.7 Å². The van der Waals surface area contributed by atoms with Crippen LogP contribution in [-0.4, -0.2) is 35.9 Å². The van der Waals surface area contributed by atoms with Crippen molar-refractivity contribution in [1.29, 1.82) is 0 Å². The number of aryl methyl sites for hydroxylation is 1. The van der Waals surface area contributed by atoms with Gasteiger partial charge in [0.05, 0.1) is 30.4 Å². The van der Waals surface area contributed by atoms with Gasteiger partial charge in [-0.25, -0.2) is 4.39 Å². The Hall–Kier alpha value is -3.78. The number of Topliss-reactive ketones (excluding diaryl/α,β-unsaturated/α-hetero) is 1. The van der Waals surface area contributed by atoms with Crippen molar-refractivity contribution < 1.29 is 33.0 Å². The van der Waals surface area contributed by atoms with Gasteiger partial charge in [-0.3, -0.25) is 9.59 Å². The third kappa shape index (κ3) is 4.12. The van der Waals surface area contributed by atoms with Gasteiger partial charge < -0.3 is 23.9 Å². The molecule has 0 aliphatic carbocycles. The van der Waals surface area contributed by atoms with E-state index in [1.54, 1.807) is 19.1 Å². The Labute approximate surface area is 200 Å². The zero-order chi connectivity index (χ0) is 24.6. The number of aliphatic hydroxyl groups is 1. The highest BCUT2D eigenvalue weighted by Gasteiger charge is 2.47. The molecule has 0 saturated carbocycles. The highest BCUT2D eigenvalue weighted by molar-refractivity contribution is 6.46. The van der Waals surface area contributed by atoms with Gasteiger partial charge in [0, 0.05) is 12.6 Å². The fourth-order valence-corrected chi connectivity index (χ4v) is 4.16. The smallest absolute Gasteiger partial charge is 0.296 e. The Bertz CT molecular complexity index is 1300. The number of carbonyl (C=O) groups is 2. The maximum Gasteiger partial charge on any atom is 0.296 e. The average molecular weight is 486 g/mol. The number of hydrogen-bond donors (Lipinski definition) is 1. The third-order valence-corrected chi connectivity index (χ3v) is 5.86. The lowest BCUT2D eigenvalue weighted by atomic mass is 9.98. The minimum absolute atomic E-state index is 0.00739. The van der Waals surface area contributed by atoms with Gasteiger partial charge in [-0.1, -0.05) is 23.7 Å². The summed E-state index contributed by atoms with van der Waals surface area (Å²) in [6, 6.07) is 10.7. The first kappa shape index (κ1) is 23.4. The van der Waals surface area contributed by atoms with Gasteiger partial charge in [-0.2, -0.15) is 0 Å². The number of ether oxygens (including phenoxy) is 2. The van der Waals surface area contributed by atoms with E-state index in [9.17, 15) is 19.1 Å². The van der Waals surface area contributed by atoms with E-state index >= 15 is 0 Å². The van der Waals surface area contributed by atoms with E-state index in [4.69, 9.17) is 25.5 Å². The van der Waals surface area contributed by atoms with Crippen LogP contribution in [-0.2, 0) is 16.1 Å². The molecule has 2 aromatic carbocycles. The standard InChI is InChI=1S/C25H21ClFNO6/c1-13-4-9-18(34-13)22-21(23(29)16-10-17(26)20(33-3)11-19(16)32-2)24(30)25(31)28(22)12-14-5-7-15(27)8-6-14/h4-11,22,29H,12H2,1-3H3/b23-21+. The third-order valence-electron chi connectivity index (χ3n) is 5.57. The predicted molar refractivity (Wildman–Crippen MR) is 122 cm³/mol. The number of likely N-dealkylation sites (tertiary alicyclic amines) is 1. The van der Waals surface area contributed by atoms with Crippen LogP contribution >= 0.6 is 11.6 Å². The van der Waals surface area contributed by atoms with Crippen molar-refractivity contribution in [2.75, 3.05) is 14.2 Å². The number of nitrogens with zero attached hydrogens (tertiary/aromatic N) is 1. The van der Waals surface area contributed by atoms with E-state index in [0.717, 1.165) is 0 Å². The Morgan fingerprint density at radius 2 is 1.76 bits per heavy atom. The molecule has 1 amide bonds. The quantitative estimate of drug-likeness (QED) is 0.299. The van der Waals surface area contributed by atoms with E-state index in [1.807, 2.05) is 0 Å². The van der Waals surface area contributed by atoms with Crippen LogP contribution in [0.15, 0.2) is 58.5 Å². The van der Waals surface area contributed by atoms with E-state index in [2.05, 4.69) is 0 Å². The summed E-state index contributed by atoms with van der Waals surface area (Å²) in [6.07, 6.45) is 0. The van der Waals surface area contributed by atoms with Crippen LogP contribution in [0.2, 0.25) is 5.02 Å². The molecule has 176 valence electrons.